The van der Waals surface area contributed by atoms with Crippen LogP contribution in [0.4, 0.5) is 5.69 Å². The second kappa shape index (κ2) is 9.65. The molecular weight excluding hydrogens is 406 g/mol. The molecule has 2 aromatic carbocycles. The van der Waals surface area contributed by atoms with Crippen molar-refractivity contribution >= 4 is 28.4 Å². The van der Waals surface area contributed by atoms with Crippen molar-refractivity contribution in [2.75, 3.05) is 6.54 Å². The van der Waals surface area contributed by atoms with E-state index in [0.717, 1.165) is 17.5 Å². The summed E-state index contributed by atoms with van der Waals surface area (Å²) in [4.78, 5) is 28.0. The van der Waals surface area contributed by atoms with E-state index in [-0.39, 0.29) is 18.1 Å². The summed E-state index contributed by atoms with van der Waals surface area (Å²) in [5.41, 5.74) is 2.51. The number of hydrogen-bond acceptors (Lipinski definition) is 5. The summed E-state index contributed by atoms with van der Waals surface area (Å²) in [7, 11) is 0. The molecule has 0 radical (unpaired) electrons. The number of pyridine rings is 1. The Morgan fingerprint density at radius 3 is 2.56 bits per heavy atom. The fourth-order valence-electron chi connectivity index (χ4n) is 3.38. The van der Waals surface area contributed by atoms with Crippen LogP contribution in [-0.2, 0) is 17.8 Å². The lowest BCUT2D eigenvalue weighted by Gasteiger charge is -2.07. The lowest BCUT2D eigenvalue weighted by molar-refractivity contribution is -0.117. The van der Waals surface area contributed by atoms with Crippen LogP contribution < -0.4 is 5.32 Å². The van der Waals surface area contributed by atoms with Crippen LogP contribution >= 0.6 is 0 Å². The molecule has 2 heterocycles. The number of aromatic hydroxyl groups is 1. The van der Waals surface area contributed by atoms with Crippen molar-refractivity contribution in [3.05, 3.63) is 90.3 Å². The summed E-state index contributed by atoms with van der Waals surface area (Å²) in [5.74, 6) is -1.12. The predicted molar refractivity (Wildman–Crippen MR) is 120 cm³/mol. The second-order valence-electron chi connectivity index (χ2n) is 7.09. The van der Waals surface area contributed by atoms with Crippen molar-refractivity contribution in [3.8, 4) is 5.88 Å². The minimum atomic E-state index is -0.636. The first-order valence-electron chi connectivity index (χ1n) is 10.1. The average Bonchev–Trinajstić information content (AvgIpc) is 3.11. The van der Waals surface area contributed by atoms with E-state index >= 15 is 0 Å². The third-order valence-corrected chi connectivity index (χ3v) is 4.97. The number of nitrogens with zero attached hydrogens (tertiary/aromatic N) is 4. The smallest absolute Gasteiger partial charge is 0.283 e. The zero-order valence-corrected chi connectivity index (χ0v) is 17.2. The average molecular weight is 427 g/mol. The Morgan fingerprint density at radius 1 is 1.00 bits per heavy atom. The van der Waals surface area contributed by atoms with Gasteiger partial charge in [0.2, 0.25) is 5.88 Å². The molecule has 0 aliphatic carbocycles. The zero-order chi connectivity index (χ0) is 22.3. The van der Waals surface area contributed by atoms with E-state index in [1.807, 2.05) is 54.6 Å². The molecule has 0 aliphatic heterocycles. The van der Waals surface area contributed by atoms with Crippen molar-refractivity contribution in [2.24, 2.45) is 10.2 Å². The molecule has 0 atom stereocenters. The highest BCUT2D eigenvalue weighted by Crippen LogP contribution is 2.38. The number of azo groups is 1. The molecule has 0 saturated heterocycles. The predicted octanol–water partition coefficient (Wildman–Crippen LogP) is 4.02. The summed E-state index contributed by atoms with van der Waals surface area (Å²) >= 11 is 0. The van der Waals surface area contributed by atoms with Gasteiger partial charge < -0.3 is 15.0 Å². The van der Waals surface area contributed by atoms with Gasteiger partial charge in [-0.2, -0.15) is 0 Å². The fraction of sp³-hybridized carbons (Fsp3) is 0.125. The van der Waals surface area contributed by atoms with Gasteiger partial charge in [0.15, 0.2) is 5.69 Å². The maximum absolute atomic E-state index is 12.1. The fourth-order valence-corrected chi connectivity index (χ4v) is 3.38. The number of fused-ring (bicyclic) bond motifs is 1. The van der Waals surface area contributed by atoms with Crippen LogP contribution in [0.2, 0.25) is 0 Å². The standard InChI is InChI=1S/C24H21N5O3/c30-21(16-26-23(31)18-9-6-13-25-15-18)27-28-22-19-10-4-5-11-20(19)29(24(22)32)14-12-17-7-2-1-3-8-17/h1-11,13,15,32H,12,14,16H2,(H,26,31). The molecular formula is C24H21N5O3. The van der Waals surface area contributed by atoms with Crippen molar-refractivity contribution in [3.63, 3.8) is 0 Å². The largest absolute Gasteiger partial charge is 0.493 e. The van der Waals surface area contributed by atoms with Gasteiger partial charge >= 0.3 is 0 Å². The number of benzene rings is 2. The molecule has 8 heteroatoms. The van der Waals surface area contributed by atoms with Gasteiger partial charge in [0.1, 0.15) is 6.54 Å². The van der Waals surface area contributed by atoms with Crippen molar-refractivity contribution in [1.29, 1.82) is 0 Å². The maximum Gasteiger partial charge on any atom is 0.283 e. The van der Waals surface area contributed by atoms with E-state index in [1.165, 1.54) is 6.20 Å². The van der Waals surface area contributed by atoms with Gasteiger partial charge in [-0.05, 0) is 30.2 Å². The first kappa shape index (κ1) is 20.9. The first-order valence-corrected chi connectivity index (χ1v) is 10.1. The molecule has 0 fully saturated rings. The van der Waals surface area contributed by atoms with Crippen molar-refractivity contribution in [2.45, 2.75) is 13.0 Å². The lowest BCUT2D eigenvalue weighted by Crippen LogP contribution is -2.28. The number of rotatable bonds is 7. The Balaban J connectivity index is 1.48. The summed E-state index contributed by atoms with van der Waals surface area (Å²) in [6.07, 6.45) is 3.69. The van der Waals surface area contributed by atoms with Gasteiger partial charge in [0, 0.05) is 24.3 Å². The third-order valence-electron chi connectivity index (χ3n) is 4.97. The van der Waals surface area contributed by atoms with Gasteiger partial charge in [-0.3, -0.25) is 14.6 Å². The van der Waals surface area contributed by atoms with E-state index in [9.17, 15) is 14.7 Å². The van der Waals surface area contributed by atoms with Gasteiger partial charge in [0.05, 0.1) is 11.1 Å². The molecule has 8 nitrogen and oxygen atoms in total. The maximum atomic E-state index is 12.1. The molecule has 160 valence electrons. The van der Waals surface area contributed by atoms with E-state index in [1.54, 1.807) is 22.9 Å². The molecule has 32 heavy (non-hydrogen) atoms. The quantitative estimate of drug-likeness (QED) is 0.434. The molecule has 2 amide bonds. The Bertz CT molecular complexity index is 1270. The van der Waals surface area contributed by atoms with E-state index < -0.39 is 11.8 Å². The van der Waals surface area contributed by atoms with Crippen molar-refractivity contribution in [1.82, 2.24) is 14.9 Å². The highest BCUT2D eigenvalue weighted by atomic mass is 16.3. The molecule has 0 unspecified atom stereocenters. The van der Waals surface area contributed by atoms with Crippen molar-refractivity contribution < 1.29 is 14.7 Å². The summed E-state index contributed by atoms with van der Waals surface area (Å²) < 4.78 is 1.76. The van der Waals surface area contributed by atoms with Crippen LogP contribution in [0.5, 0.6) is 5.88 Å². The Morgan fingerprint density at radius 2 is 1.78 bits per heavy atom. The number of para-hydroxylation sites is 1. The minimum Gasteiger partial charge on any atom is -0.493 e. The number of hydrogen-bond donors (Lipinski definition) is 2. The SMILES string of the molecule is O=C(CNC(=O)c1cccnc1)N=Nc1c(O)n(CCc2ccccc2)c2ccccc12. The zero-order valence-electron chi connectivity index (χ0n) is 17.2. The highest BCUT2D eigenvalue weighted by molar-refractivity contribution is 5.97. The van der Waals surface area contributed by atoms with Crippen LogP contribution in [0.25, 0.3) is 10.9 Å². The third kappa shape index (κ3) is 4.70. The van der Waals surface area contributed by atoms with E-state index in [4.69, 9.17) is 0 Å². The molecule has 4 rings (SSSR count). The molecule has 2 aromatic heterocycles. The Kier molecular flexibility index (Phi) is 6.31. The van der Waals surface area contributed by atoms with E-state index in [0.29, 0.717) is 17.5 Å². The van der Waals surface area contributed by atoms with Crippen LogP contribution in [0.3, 0.4) is 0 Å². The number of carbonyl (C=O) groups excluding carboxylic acids is 2. The number of carbonyl (C=O) groups is 2. The monoisotopic (exact) mass is 427 g/mol. The van der Waals surface area contributed by atoms with Crippen LogP contribution in [-0.4, -0.2) is 33.0 Å². The highest BCUT2D eigenvalue weighted by Gasteiger charge is 2.17. The molecule has 0 spiro atoms. The normalized spacial score (nSPS) is 11.1. The van der Waals surface area contributed by atoms with E-state index in [2.05, 4.69) is 20.5 Å². The molecule has 2 N–H and O–H groups in total. The second-order valence-corrected chi connectivity index (χ2v) is 7.09. The lowest BCUT2D eigenvalue weighted by atomic mass is 10.1. The molecule has 0 bridgehead atoms. The molecule has 0 aliphatic rings. The molecule has 4 aromatic rings. The Labute approximate surface area is 184 Å². The van der Waals surface area contributed by atoms with Gasteiger partial charge in [-0.15, -0.1) is 10.2 Å². The van der Waals surface area contributed by atoms with Crippen LogP contribution in [0, 0.1) is 0 Å². The minimum absolute atomic E-state index is 0.0573. The topological polar surface area (TPSA) is 109 Å². The van der Waals surface area contributed by atoms with Crippen LogP contribution in [0.15, 0.2) is 89.4 Å². The summed E-state index contributed by atoms with van der Waals surface area (Å²) in [5, 5.41) is 21.6. The van der Waals surface area contributed by atoms with Gasteiger partial charge in [0.25, 0.3) is 11.8 Å². The summed E-state index contributed by atoms with van der Waals surface area (Å²) in [6, 6.07) is 20.6. The first-order chi connectivity index (χ1) is 15.6. The summed E-state index contributed by atoms with van der Waals surface area (Å²) in [6.45, 7) is 0.228. The van der Waals surface area contributed by atoms with Gasteiger partial charge in [-0.25, -0.2) is 0 Å². The number of aryl methyl sites for hydroxylation is 2. The molecule has 0 saturated carbocycles. The number of aromatic nitrogens is 2. The van der Waals surface area contributed by atoms with Gasteiger partial charge in [-0.1, -0.05) is 48.5 Å². The Hall–Kier alpha value is -4.33. The number of nitrogens with one attached hydrogen (secondary N) is 1. The van der Waals surface area contributed by atoms with Crippen LogP contribution in [0.1, 0.15) is 15.9 Å². The number of amides is 2.